The van der Waals surface area contributed by atoms with Gasteiger partial charge in [0.2, 0.25) is 0 Å². The van der Waals surface area contributed by atoms with Crippen LogP contribution in [0.5, 0.6) is 0 Å². The fourth-order valence-electron chi connectivity index (χ4n) is 3.32. The van der Waals surface area contributed by atoms with Gasteiger partial charge in [0.1, 0.15) is 0 Å². The molecule has 2 aromatic carbocycles. The minimum absolute atomic E-state index is 0. The van der Waals surface area contributed by atoms with Crippen molar-refractivity contribution in [1.82, 2.24) is 10.2 Å². The Labute approximate surface area is 158 Å². The van der Waals surface area contributed by atoms with Crippen LogP contribution in [-0.4, -0.2) is 24.0 Å². The van der Waals surface area contributed by atoms with Crippen molar-refractivity contribution >= 4 is 24.8 Å². The van der Waals surface area contributed by atoms with Crippen molar-refractivity contribution in [1.29, 1.82) is 0 Å². The third-order valence-corrected chi connectivity index (χ3v) is 4.52. The number of hydrogen-bond acceptors (Lipinski definition) is 2. The lowest BCUT2D eigenvalue weighted by Gasteiger charge is -2.31. The van der Waals surface area contributed by atoms with Gasteiger partial charge < -0.3 is 5.32 Å². The second-order valence-electron chi connectivity index (χ2n) is 6.21. The van der Waals surface area contributed by atoms with E-state index in [1.165, 1.54) is 36.9 Å². The van der Waals surface area contributed by atoms with E-state index < -0.39 is 0 Å². The van der Waals surface area contributed by atoms with Crippen LogP contribution in [0.4, 0.5) is 0 Å². The number of nitrogens with zero attached hydrogens (tertiary/aromatic N) is 1. The van der Waals surface area contributed by atoms with E-state index in [2.05, 4.69) is 70.9 Å². The molecule has 1 unspecified atom stereocenters. The summed E-state index contributed by atoms with van der Waals surface area (Å²) >= 11 is 0. The molecule has 1 atom stereocenters. The topological polar surface area (TPSA) is 15.3 Å². The molecule has 1 aliphatic rings. The number of benzene rings is 2. The van der Waals surface area contributed by atoms with Gasteiger partial charge in [-0.1, -0.05) is 60.7 Å². The zero-order valence-corrected chi connectivity index (χ0v) is 15.7. The Hall–Kier alpha value is -1.06. The predicted octanol–water partition coefficient (Wildman–Crippen LogP) is 4.67. The molecular formula is C20H28Cl2N2. The van der Waals surface area contributed by atoms with Crippen LogP contribution < -0.4 is 5.32 Å². The summed E-state index contributed by atoms with van der Waals surface area (Å²) < 4.78 is 0. The van der Waals surface area contributed by atoms with E-state index in [1.54, 1.807) is 0 Å². The van der Waals surface area contributed by atoms with Crippen LogP contribution in [0, 0.1) is 0 Å². The molecule has 1 heterocycles. The lowest BCUT2D eigenvalue weighted by atomic mass is 10.0. The Bertz CT molecular complexity index is 499. The first-order valence-electron chi connectivity index (χ1n) is 8.44. The lowest BCUT2D eigenvalue weighted by Crippen LogP contribution is -2.35. The van der Waals surface area contributed by atoms with Gasteiger partial charge in [-0.3, -0.25) is 4.90 Å². The third kappa shape index (κ3) is 6.45. The van der Waals surface area contributed by atoms with Crippen molar-refractivity contribution in [2.45, 2.75) is 38.4 Å². The van der Waals surface area contributed by atoms with E-state index in [0.29, 0.717) is 6.04 Å². The van der Waals surface area contributed by atoms with Crippen LogP contribution in [0.3, 0.4) is 0 Å². The number of nitrogens with one attached hydrogen (secondary N) is 1. The number of hydrogen-bond donors (Lipinski definition) is 1. The minimum Gasteiger partial charge on any atom is -0.317 e. The smallest absolute Gasteiger partial charge is 0.0240 e. The Balaban J connectivity index is 0.00000144. The molecule has 0 radical (unpaired) electrons. The maximum Gasteiger partial charge on any atom is 0.0240 e. The number of rotatable bonds is 5. The van der Waals surface area contributed by atoms with Crippen molar-refractivity contribution < 1.29 is 0 Å². The SMILES string of the molecule is Cl.Cl.c1ccc(CN(Cc2ccccc2)C2CCCNCC2)cc1. The maximum absolute atomic E-state index is 3.53. The lowest BCUT2D eigenvalue weighted by molar-refractivity contribution is 0.164. The monoisotopic (exact) mass is 366 g/mol. The highest BCUT2D eigenvalue weighted by atomic mass is 35.5. The molecule has 1 saturated heterocycles. The van der Waals surface area contributed by atoms with Crippen molar-refractivity contribution in [3.05, 3.63) is 71.8 Å². The van der Waals surface area contributed by atoms with Gasteiger partial charge in [0, 0.05) is 19.1 Å². The maximum atomic E-state index is 3.53. The first-order valence-corrected chi connectivity index (χ1v) is 8.44. The van der Waals surface area contributed by atoms with E-state index in [4.69, 9.17) is 0 Å². The van der Waals surface area contributed by atoms with Crippen molar-refractivity contribution in [2.24, 2.45) is 0 Å². The van der Waals surface area contributed by atoms with Crippen molar-refractivity contribution in [3.63, 3.8) is 0 Å². The highest BCUT2D eigenvalue weighted by Gasteiger charge is 2.20. The Morgan fingerprint density at radius 2 is 1.29 bits per heavy atom. The Morgan fingerprint density at radius 1 is 0.750 bits per heavy atom. The molecule has 0 amide bonds. The molecular weight excluding hydrogens is 339 g/mol. The quantitative estimate of drug-likeness (QED) is 0.826. The Kier molecular flexibility index (Phi) is 10.0. The summed E-state index contributed by atoms with van der Waals surface area (Å²) in [6, 6.07) is 22.4. The fourth-order valence-corrected chi connectivity index (χ4v) is 3.32. The molecule has 2 nitrogen and oxygen atoms in total. The van der Waals surface area contributed by atoms with Gasteiger partial charge in [-0.2, -0.15) is 0 Å². The van der Waals surface area contributed by atoms with Gasteiger partial charge in [-0.25, -0.2) is 0 Å². The molecule has 132 valence electrons. The van der Waals surface area contributed by atoms with Gasteiger partial charge in [0.25, 0.3) is 0 Å². The summed E-state index contributed by atoms with van der Waals surface area (Å²) in [4.78, 5) is 2.66. The first kappa shape index (κ1) is 21.0. The first-order chi connectivity index (χ1) is 10.9. The second kappa shape index (κ2) is 11.5. The molecule has 1 aliphatic heterocycles. The van der Waals surface area contributed by atoms with Gasteiger partial charge in [-0.15, -0.1) is 24.8 Å². The molecule has 0 aliphatic carbocycles. The molecule has 0 saturated carbocycles. The van der Waals surface area contributed by atoms with Crippen LogP contribution in [0.15, 0.2) is 60.7 Å². The zero-order valence-electron chi connectivity index (χ0n) is 14.1. The van der Waals surface area contributed by atoms with Gasteiger partial charge >= 0.3 is 0 Å². The van der Waals surface area contributed by atoms with E-state index in [-0.39, 0.29) is 24.8 Å². The third-order valence-electron chi connectivity index (χ3n) is 4.52. The summed E-state index contributed by atoms with van der Waals surface area (Å²) in [6.45, 7) is 4.40. The largest absolute Gasteiger partial charge is 0.317 e. The van der Waals surface area contributed by atoms with Crippen molar-refractivity contribution in [2.75, 3.05) is 13.1 Å². The molecule has 4 heteroatoms. The van der Waals surface area contributed by atoms with E-state index in [1.807, 2.05) is 0 Å². The predicted molar refractivity (Wildman–Crippen MR) is 107 cm³/mol. The molecule has 0 aromatic heterocycles. The molecule has 24 heavy (non-hydrogen) atoms. The van der Waals surface area contributed by atoms with Crippen LogP contribution >= 0.6 is 24.8 Å². The minimum atomic E-state index is 0. The van der Waals surface area contributed by atoms with E-state index >= 15 is 0 Å². The molecule has 3 rings (SSSR count). The summed E-state index contributed by atoms with van der Waals surface area (Å²) in [5.74, 6) is 0. The second-order valence-corrected chi connectivity index (χ2v) is 6.21. The summed E-state index contributed by atoms with van der Waals surface area (Å²) in [5, 5.41) is 3.53. The summed E-state index contributed by atoms with van der Waals surface area (Å²) in [5.41, 5.74) is 2.83. The summed E-state index contributed by atoms with van der Waals surface area (Å²) in [7, 11) is 0. The van der Waals surface area contributed by atoms with Crippen LogP contribution in [0.1, 0.15) is 30.4 Å². The highest BCUT2D eigenvalue weighted by molar-refractivity contribution is 5.85. The molecule has 0 bridgehead atoms. The standard InChI is InChI=1S/C20H26N2.2ClH/c1-3-8-18(9-4-1)16-22(17-19-10-5-2-6-11-19)20-12-7-14-21-15-13-20;;/h1-6,8-11,20-21H,7,12-17H2;2*1H. The molecule has 1 N–H and O–H groups in total. The molecule has 1 fully saturated rings. The summed E-state index contributed by atoms with van der Waals surface area (Å²) in [6.07, 6.45) is 3.83. The van der Waals surface area contributed by atoms with Crippen LogP contribution in [-0.2, 0) is 13.1 Å². The average Bonchev–Trinajstić information content (AvgIpc) is 2.85. The van der Waals surface area contributed by atoms with Gasteiger partial charge in [0.15, 0.2) is 0 Å². The van der Waals surface area contributed by atoms with Crippen molar-refractivity contribution in [3.8, 4) is 0 Å². The number of halogens is 2. The van der Waals surface area contributed by atoms with Crippen LogP contribution in [0.2, 0.25) is 0 Å². The zero-order chi connectivity index (χ0) is 15.0. The molecule has 0 spiro atoms. The fraction of sp³-hybridized carbons (Fsp3) is 0.400. The van der Waals surface area contributed by atoms with E-state index in [9.17, 15) is 0 Å². The van der Waals surface area contributed by atoms with E-state index in [0.717, 1.165) is 19.6 Å². The van der Waals surface area contributed by atoms with Crippen LogP contribution in [0.25, 0.3) is 0 Å². The molecule has 2 aromatic rings. The van der Waals surface area contributed by atoms with Gasteiger partial charge in [-0.05, 0) is 43.5 Å². The highest BCUT2D eigenvalue weighted by Crippen LogP contribution is 2.19. The average molecular weight is 367 g/mol. The Morgan fingerprint density at radius 3 is 1.83 bits per heavy atom. The normalized spacial score (nSPS) is 17.5. The van der Waals surface area contributed by atoms with Gasteiger partial charge in [0.05, 0.1) is 0 Å².